The Balaban J connectivity index is 0.00000261. The average Bonchev–Trinajstić information content (AvgIpc) is 2.67. The molecule has 0 heterocycles. The third-order valence-corrected chi connectivity index (χ3v) is 4.28. The van der Waals surface area contributed by atoms with Gasteiger partial charge in [0.15, 0.2) is 5.78 Å². The summed E-state index contributed by atoms with van der Waals surface area (Å²) in [6.45, 7) is 0.923. The Morgan fingerprint density at radius 3 is 1.96 bits per heavy atom. The summed E-state index contributed by atoms with van der Waals surface area (Å²) in [7, 11) is 5.70. The van der Waals surface area contributed by atoms with Gasteiger partial charge < -0.3 is 9.64 Å². The van der Waals surface area contributed by atoms with Crippen LogP contribution in [-0.4, -0.2) is 31.9 Å². The molecule has 0 atom stereocenters. The van der Waals surface area contributed by atoms with Gasteiger partial charge in [0.05, 0.1) is 12.7 Å². The van der Waals surface area contributed by atoms with Crippen molar-refractivity contribution >= 4 is 18.2 Å². The van der Waals surface area contributed by atoms with E-state index in [-0.39, 0.29) is 18.2 Å². The molecule has 0 saturated heterocycles. The van der Waals surface area contributed by atoms with Gasteiger partial charge in [-0.05, 0) is 42.9 Å². The number of halogens is 1. The smallest absolute Gasteiger partial charge is 0.196 e. The van der Waals surface area contributed by atoms with Crippen molar-refractivity contribution in [3.8, 4) is 16.9 Å². The normalized spacial score (nSPS) is 10.4. The largest absolute Gasteiger partial charge is 0.496 e. The van der Waals surface area contributed by atoms with Crippen LogP contribution in [0.3, 0.4) is 0 Å². The number of para-hydroxylation sites is 1. The van der Waals surface area contributed by atoms with Gasteiger partial charge in [0, 0.05) is 12.1 Å². The maximum atomic E-state index is 12.7. The van der Waals surface area contributed by atoms with Crippen LogP contribution in [0.2, 0.25) is 0 Å². The first-order valence-electron chi connectivity index (χ1n) is 8.60. The summed E-state index contributed by atoms with van der Waals surface area (Å²) in [5, 5.41) is 0. The molecular weight excluding hydrogens is 358 g/mol. The van der Waals surface area contributed by atoms with Crippen LogP contribution in [0.5, 0.6) is 5.75 Å². The number of benzene rings is 3. The Hall–Kier alpha value is -2.62. The molecule has 0 spiro atoms. The molecule has 0 unspecified atom stereocenters. The minimum atomic E-state index is -0.0321. The highest BCUT2D eigenvalue weighted by Crippen LogP contribution is 2.24. The lowest BCUT2D eigenvalue weighted by atomic mass is 9.98. The van der Waals surface area contributed by atoms with Crippen molar-refractivity contribution in [2.75, 3.05) is 21.2 Å². The predicted octanol–water partition coefficient (Wildman–Crippen LogP) is 5.08. The summed E-state index contributed by atoms with van der Waals surface area (Å²) >= 11 is 0. The van der Waals surface area contributed by atoms with Gasteiger partial charge in [0.25, 0.3) is 0 Å². The number of hydrogen-bond acceptors (Lipinski definition) is 3. The lowest BCUT2D eigenvalue weighted by Crippen LogP contribution is -2.10. The number of carbonyl (C=O) groups excluding carboxylic acids is 1. The first-order valence-corrected chi connectivity index (χ1v) is 8.60. The number of hydrogen-bond donors (Lipinski definition) is 0. The molecule has 27 heavy (non-hydrogen) atoms. The Morgan fingerprint density at radius 2 is 1.41 bits per heavy atom. The molecule has 0 bridgehead atoms. The maximum absolute atomic E-state index is 12.7. The number of nitrogens with zero attached hydrogens (tertiary/aromatic N) is 1. The first-order chi connectivity index (χ1) is 12.6. The van der Waals surface area contributed by atoms with Crippen LogP contribution in [-0.2, 0) is 6.54 Å². The van der Waals surface area contributed by atoms with Crippen molar-refractivity contribution in [1.82, 2.24) is 4.90 Å². The number of carbonyl (C=O) groups is 1. The summed E-state index contributed by atoms with van der Waals surface area (Å²) < 4.78 is 5.30. The summed E-state index contributed by atoms with van der Waals surface area (Å²) in [4.78, 5) is 14.9. The van der Waals surface area contributed by atoms with Gasteiger partial charge >= 0.3 is 0 Å². The van der Waals surface area contributed by atoms with Crippen LogP contribution in [0.1, 0.15) is 21.5 Å². The van der Waals surface area contributed by atoms with E-state index in [4.69, 9.17) is 4.74 Å². The average molecular weight is 382 g/mol. The molecule has 3 rings (SSSR count). The van der Waals surface area contributed by atoms with E-state index in [9.17, 15) is 4.79 Å². The van der Waals surface area contributed by atoms with Crippen LogP contribution in [0.25, 0.3) is 11.1 Å². The molecular formula is C23H24ClNO2. The number of rotatable bonds is 6. The monoisotopic (exact) mass is 381 g/mol. The molecule has 0 aliphatic carbocycles. The van der Waals surface area contributed by atoms with Crippen molar-refractivity contribution in [2.45, 2.75) is 6.54 Å². The van der Waals surface area contributed by atoms with E-state index in [2.05, 4.69) is 43.3 Å². The fourth-order valence-electron chi connectivity index (χ4n) is 2.97. The molecule has 0 fully saturated rings. The van der Waals surface area contributed by atoms with Crippen molar-refractivity contribution in [3.05, 3.63) is 89.5 Å². The third kappa shape index (κ3) is 4.97. The zero-order valence-electron chi connectivity index (χ0n) is 15.8. The first kappa shape index (κ1) is 20.7. The van der Waals surface area contributed by atoms with Crippen molar-refractivity contribution in [3.63, 3.8) is 0 Å². The molecule has 140 valence electrons. The molecule has 3 nitrogen and oxygen atoms in total. The number of ether oxygens (including phenoxy) is 1. The molecule has 0 aliphatic rings. The summed E-state index contributed by atoms with van der Waals surface area (Å²) in [6.07, 6.45) is 0. The van der Waals surface area contributed by atoms with E-state index in [1.165, 1.54) is 5.56 Å². The Bertz CT molecular complexity index is 887. The third-order valence-electron chi connectivity index (χ3n) is 4.28. The molecule has 3 aromatic carbocycles. The SMILES string of the molecule is COc1ccccc1C(=O)c1ccc(-c2ccc(CN(C)C)cc2)cc1.Cl. The van der Waals surface area contributed by atoms with Gasteiger partial charge in [-0.15, -0.1) is 12.4 Å². The van der Waals surface area contributed by atoms with E-state index in [1.807, 2.05) is 36.4 Å². The van der Waals surface area contributed by atoms with Crippen LogP contribution in [0.4, 0.5) is 0 Å². The predicted molar refractivity (Wildman–Crippen MR) is 113 cm³/mol. The molecule has 0 amide bonds. The van der Waals surface area contributed by atoms with E-state index in [1.54, 1.807) is 19.2 Å². The molecule has 0 aliphatic heterocycles. The second-order valence-electron chi connectivity index (χ2n) is 6.54. The fraction of sp³-hybridized carbons (Fsp3) is 0.174. The molecule has 0 radical (unpaired) electrons. The Labute approximate surface area is 167 Å². The number of methoxy groups -OCH3 is 1. The highest BCUT2D eigenvalue weighted by Gasteiger charge is 2.13. The van der Waals surface area contributed by atoms with Crippen LogP contribution >= 0.6 is 12.4 Å². The van der Waals surface area contributed by atoms with Gasteiger partial charge in [-0.2, -0.15) is 0 Å². The summed E-state index contributed by atoms with van der Waals surface area (Å²) in [5.74, 6) is 0.563. The lowest BCUT2D eigenvalue weighted by molar-refractivity contribution is 0.103. The van der Waals surface area contributed by atoms with E-state index in [0.717, 1.165) is 17.7 Å². The van der Waals surface area contributed by atoms with Crippen molar-refractivity contribution in [1.29, 1.82) is 0 Å². The zero-order chi connectivity index (χ0) is 18.5. The standard InChI is InChI=1S/C23H23NO2.ClH/c1-24(2)16-17-8-10-18(11-9-17)19-12-14-20(15-13-19)23(25)21-6-4-5-7-22(21)26-3;/h4-15H,16H2,1-3H3;1H. The molecule has 0 aromatic heterocycles. The van der Waals surface area contributed by atoms with Crippen LogP contribution in [0.15, 0.2) is 72.8 Å². The minimum Gasteiger partial charge on any atom is -0.496 e. The van der Waals surface area contributed by atoms with Gasteiger partial charge in [-0.1, -0.05) is 60.7 Å². The Kier molecular flexibility index (Phi) is 7.17. The topological polar surface area (TPSA) is 29.5 Å². The van der Waals surface area contributed by atoms with E-state index >= 15 is 0 Å². The molecule has 3 aromatic rings. The van der Waals surface area contributed by atoms with Gasteiger partial charge in [-0.25, -0.2) is 0 Å². The maximum Gasteiger partial charge on any atom is 0.196 e. The summed E-state index contributed by atoms with van der Waals surface area (Å²) in [5.41, 5.74) is 4.75. The Morgan fingerprint density at radius 1 is 0.852 bits per heavy atom. The molecule has 0 N–H and O–H groups in total. The highest BCUT2D eigenvalue weighted by molar-refractivity contribution is 6.10. The fourth-order valence-corrected chi connectivity index (χ4v) is 2.97. The zero-order valence-corrected chi connectivity index (χ0v) is 16.6. The summed E-state index contributed by atoms with van der Waals surface area (Å²) in [6, 6.07) is 23.6. The molecule has 0 saturated carbocycles. The van der Waals surface area contributed by atoms with Crippen molar-refractivity contribution in [2.24, 2.45) is 0 Å². The minimum absolute atomic E-state index is 0. The second kappa shape index (κ2) is 9.36. The van der Waals surface area contributed by atoms with Crippen LogP contribution in [0, 0.1) is 0 Å². The number of ketones is 1. The lowest BCUT2D eigenvalue weighted by Gasteiger charge is -2.10. The quantitative estimate of drug-likeness (QED) is 0.558. The van der Waals surface area contributed by atoms with Gasteiger partial charge in [0.2, 0.25) is 0 Å². The van der Waals surface area contributed by atoms with E-state index < -0.39 is 0 Å². The van der Waals surface area contributed by atoms with Crippen molar-refractivity contribution < 1.29 is 9.53 Å². The van der Waals surface area contributed by atoms with Gasteiger partial charge in [0.1, 0.15) is 5.75 Å². The highest BCUT2D eigenvalue weighted by atomic mass is 35.5. The van der Waals surface area contributed by atoms with E-state index in [0.29, 0.717) is 16.9 Å². The molecule has 4 heteroatoms. The van der Waals surface area contributed by atoms with Crippen LogP contribution < -0.4 is 4.74 Å². The van der Waals surface area contributed by atoms with Gasteiger partial charge in [-0.3, -0.25) is 4.79 Å². The second-order valence-corrected chi connectivity index (χ2v) is 6.54.